The van der Waals surface area contributed by atoms with Crippen molar-refractivity contribution < 1.29 is 19.7 Å². The molecule has 6 aromatic carbocycles. The molecule has 0 bridgehead atoms. The van der Waals surface area contributed by atoms with Crippen LogP contribution in [0.4, 0.5) is 0 Å². The molecule has 0 radical (unpaired) electrons. The van der Waals surface area contributed by atoms with Crippen LogP contribution >= 0.6 is 15.8 Å². The molecule has 6 rings (SSSR count). The highest BCUT2D eigenvalue weighted by molar-refractivity contribution is 7.81. The quantitative estimate of drug-likeness (QED) is 0.146. The minimum Gasteiger partial charge on any atom is -0.507 e. The van der Waals surface area contributed by atoms with Crippen LogP contribution in [0.15, 0.2) is 97.1 Å². The summed E-state index contributed by atoms with van der Waals surface area (Å²) < 4.78 is 12.5. The summed E-state index contributed by atoms with van der Waals surface area (Å²) in [4.78, 5) is 0. The lowest BCUT2D eigenvalue weighted by Gasteiger charge is -2.30. The number of rotatable bonds is 9. The first-order valence-corrected chi connectivity index (χ1v) is 20.2. The Morgan fingerprint density at radius 3 is 0.808 bits per heavy atom. The second-order valence-electron chi connectivity index (χ2n) is 14.1. The Hall–Kier alpha value is -4.62. The Kier molecular flexibility index (Phi) is 10.8. The number of ether oxygens (including phenoxy) is 2. The molecular formula is C46H48O4P2. The summed E-state index contributed by atoms with van der Waals surface area (Å²) in [5, 5.41) is 30.5. The van der Waals surface area contributed by atoms with E-state index in [1.807, 2.05) is 12.1 Å². The molecule has 4 nitrogen and oxygen atoms in total. The van der Waals surface area contributed by atoms with Crippen molar-refractivity contribution in [2.45, 2.75) is 55.4 Å². The molecule has 0 unspecified atom stereocenters. The van der Waals surface area contributed by atoms with Crippen molar-refractivity contribution in [3.05, 3.63) is 142 Å². The van der Waals surface area contributed by atoms with Gasteiger partial charge in [-0.3, -0.25) is 0 Å². The standard InChI is InChI=1S/C46H48O4P2/c1-27-15-28(2)20-35(19-27)51(36-21-29(3)16-30(4)22-36)45-39(47)11-13-41(49-9)43(45)44-42(50-10)14-12-40(48)46(44)52(37-23-31(5)17-32(6)24-37)38-25-33(7)18-34(8)26-38/h11-26,47-48H,1-10H3. The monoisotopic (exact) mass is 726 g/mol. The summed E-state index contributed by atoms with van der Waals surface area (Å²) in [6.07, 6.45) is 0. The van der Waals surface area contributed by atoms with Gasteiger partial charge < -0.3 is 19.7 Å². The molecule has 0 aliphatic rings. The second-order valence-corrected chi connectivity index (χ2v) is 18.4. The van der Waals surface area contributed by atoms with Crippen molar-refractivity contribution in [3.63, 3.8) is 0 Å². The van der Waals surface area contributed by atoms with Crippen molar-refractivity contribution in [1.82, 2.24) is 0 Å². The van der Waals surface area contributed by atoms with Crippen LogP contribution in [0.2, 0.25) is 0 Å². The fourth-order valence-corrected chi connectivity index (χ4v) is 13.3. The van der Waals surface area contributed by atoms with Crippen LogP contribution < -0.4 is 41.3 Å². The maximum absolute atomic E-state index is 12.2. The van der Waals surface area contributed by atoms with Crippen molar-refractivity contribution in [3.8, 4) is 34.1 Å². The highest BCUT2D eigenvalue weighted by Crippen LogP contribution is 2.51. The Balaban J connectivity index is 1.81. The maximum Gasteiger partial charge on any atom is 0.127 e. The Bertz CT molecular complexity index is 1960. The Morgan fingerprint density at radius 2 is 0.596 bits per heavy atom. The van der Waals surface area contributed by atoms with Gasteiger partial charge in [0.2, 0.25) is 0 Å². The first-order valence-electron chi connectivity index (χ1n) is 17.5. The fraction of sp³-hybridized carbons (Fsp3) is 0.217. The van der Waals surface area contributed by atoms with E-state index in [1.54, 1.807) is 26.4 Å². The van der Waals surface area contributed by atoms with Gasteiger partial charge in [0.15, 0.2) is 0 Å². The number of aryl methyl sites for hydroxylation is 8. The molecule has 0 spiro atoms. The lowest BCUT2D eigenvalue weighted by molar-refractivity contribution is 0.408. The summed E-state index contributed by atoms with van der Waals surface area (Å²) in [6, 6.07) is 33.7. The summed E-state index contributed by atoms with van der Waals surface area (Å²) >= 11 is 0. The zero-order chi connectivity index (χ0) is 37.4. The van der Waals surface area contributed by atoms with E-state index in [9.17, 15) is 10.2 Å². The van der Waals surface area contributed by atoms with Gasteiger partial charge in [0, 0.05) is 21.7 Å². The number of aromatic hydroxyl groups is 2. The van der Waals surface area contributed by atoms with Crippen LogP contribution in [0.5, 0.6) is 23.0 Å². The number of hydrogen-bond donors (Lipinski definition) is 2. The third-order valence-electron chi connectivity index (χ3n) is 9.23. The van der Waals surface area contributed by atoms with E-state index in [0.717, 1.165) is 87.5 Å². The van der Waals surface area contributed by atoms with Gasteiger partial charge in [-0.05, 0) is 117 Å². The van der Waals surface area contributed by atoms with Gasteiger partial charge in [-0.25, -0.2) is 0 Å². The number of hydrogen-bond acceptors (Lipinski definition) is 4. The Morgan fingerprint density at radius 1 is 0.365 bits per heavy atom. The number of methoxy groups -OCH3 is 2. The third-order valence-corrected chi connectivity index (χ3v) is 14.1. The summed E-state index contributed by atoms with van der Waals surface area (Å²) in [7, 11) is 0.644. The lowest BCUT2D eigenvalue weighted by atomic mass is 10.0. The van der Waals surface area contributed by atoms with Gasteiger partial charge in [-0.15, -0.1) is 0 Å². The van der Waals surface area contributed by atoms with Crippen molar-refractivity contribution >= 4 is 47.7 Å². The second kappa shape index (κ2) is 15.2. The molecule has 2 N–H and O–H groups in total. The first-order chi connectivity index (χ1) is 24.8. The van der Waals surface area contributed by atoms with Crippen LogP contribution in [-0.2, 0) is 0 Å². The van der Waals surface area contributed by atoms with E-state index in [-0.39, 0.29) is 11.5 Å². The molecule has 0 aliphatic carbocycles. The molecule has 0 heterocycles. The van der Waals surface area contributed by atoms with Gasteiger partial charge >= 0.3 is 0 Å². The predicted molar refractivity (Wildman–Crippen MR) is 224 cm³/mol. The smallest absolute Gasteiger partial charge is 0.127 e. The van der Waals surface area contributed by atoms with Crippen LogP contribution in [0.1, 0.15) is 44.5 Å². The highest BCUT2D eigenvalue weighted by atomic mass is 31.1. The van der Waals surface area contributed by atoms with Crippen LogP contribution in [0.3, 0.4) is 0 Å². The van der Waals surface area contributed by atoms with E-state index < -0.39 is 15.8 Å². The zero-order valence-electron chi connectivity index (χ0n) is 31.8. The normalized spacial score (nSPS) is 11.4. The summed E-state index contributed by atoms with van der Waals surface area (Å²) in [6.45, 7) is 17.0. The van der Waals surface area contributed by atoms with Crippen LogP contribution in [0, 0.1) is 55.4 Å². The van der Waals surface area contributed by atoms with Crippen molar-refractivity contribution in [2.24, 2.45) is 0 Å². The number of benzene rings is 6. The molecule has 0 saturated heterocycles. The lowest BCUT2D eigenvalue weighted by Crippen LogP contribution is -2.28. The minimum atomic E-state index is -1.35. The molecule has 0 aliphatic heterocycles. The molecule has 6 heteroatoms. The zero-order valence-corrected chi connectivity index (χ0v) is 33.6. The Labute approximate surface area is 311 Å². The van der Waals surface area contributed by atoms with Gasteiger partial charge in [-0.1, -0.05) is 117 Å². The van der Waals surface area contributed by atoms with E-state index in [1.165, 1.54) is 0 Å². The van der Waals surface area contributed by atoms with E-state index in [4.69, 9.17) is 9.47 Å². The van der Waals surface area contributed by atoms with Gasteiger partial charge in [0.1, 0.15) is 23.0 Å². The maximum atomic E-state index is 12.2. The van der Waals surface area contributed by atoms with Gasteiger partial charge in [-0.2, -0.15) is 0 Å². The summed E-state index contributed by atoms with van der Waals surface area (Å²) in [5.41, 5.74) is 10.7. The van der Waals surface area contributed by atoms with E-state index in [2.05, 4.69) is 128 Å². The molecule has 0 fully saturated rings. The average molecular weight is 727 g/mol. The number of phenolic OH excluding ortho intramolecular Hbond substituents is 2. The third kappa shape index (κ3) is 7.47. The SMILES string of the molecule is COc1ccc(O)c(P(c2cc(C)cc(C)c2)c2cc(C)cc(C)c2)c1-c1c(OC)ccc(O)c1P(c1cc(C)cc(C)c1)c1cc(C)cc(C)c1. The largest absolute Gasteiger partial charge is 0.507 e. The van der Waals surface area contributed by atoms with Gasteiger partial charge in [0.25, 0.3) is 0 Å². The fourth-order valence-electron chi connectivity index (χ4n) is 7.53. The topological polar surface area (TPSA) is 58.9 Å². The molecule has 0 atom stereocenters. The first kappa shape index (κ1) is 37.1. The van der Waals surface area contributed by atoms with Crippen molar-refractivity contribution in [2.75, 3.05) is 14.2 Å². The minimum absolute atomic E-state index is 0.165. The molecular weight excluding hydrogens is 678 g/mol. The molecule has 0 aromatic heterocycles. The van der Waals surface area contributed by atoms with E-state index >= 15 is 0 Å². The molecule has 0 amide bonds. The molecule has 0 saturated carbocycles. The van der Waals surface area contributed by atoms with Crippen LogP contribution in [-0.4, -0.2) is 24.4 Å². The molecule has 266 valence electrons. The highest BCUT2D eigenvalue weighted by Gasteiger charge is 2.34. The van der Waals surface area contributed by atoms with Crippen molar-refractivity contribution in [1.29, 1.82) is 0 Å². The predicted octanol–water partition coefficient (Wildman–Crippen LogP) is 8.77. The van der Waals surface area contributed by atoms with E-state index in [0.29, 0.717) is 11.5 Å². The molecule has 6 aromatic rings. The summed E-state index contributed by atoms with van der Waals surface area (Å²) in [5.74, 6) is 1.52. The average Bonchev–Trinajstić information content (AvgIpc) is 3.05. The van der Waals surface area contributed by atoms with Gasteiger partial charge in [0.05, 0.1) is 14.2 Å². The van der Waals surface area contributed by atoms with Crippen LogP contribution in [0.25, 0.3) is 11.1 Å². The number of phenols is 2. The molecule has 52 heavy (non-hydrogen) atoms.